The van der Waals surface area contributed by atoms with Crippen molar-refractivity contribution in [2.45, 2.75) is 10.8 Å². The van der Waals surface area contributed by atoms with E-state index >= 15 is 0 Å². The Kier molecular flexibility index (Phi) is 3.77. The van der Waals surface area contributed by atoms with Crippen LogP contribution in [0, 0.1) is 5.82 Å². The lowest BCUT2D eigenvalue weighted by Crippen LogP contribution is -2.11. The molecule has 0 bridgehead atoms. The molecule has 1 aromatic heterocycles. The Labute approximate surface area is 127 Å². The molecule has 0 aliphatic carbocycles. The number of hydrogen-bond donors (Lipinski definition) is 0. The molecule has 2 aromatic carbocycles. The minimum absolute atomic E-state index is 0.0848. The number of imidazole rings is 1. The fourth-order valence-corrected chi connectivity index (χ4v) is 3.43. The first-order valence-corrected chi connectivity index (χ1v) is 8.26. The number of aromatic nitrogens is 2. The van der Waals surface area contributed by atoms with E-state index in [9.17, 15) is 12.8 Å². The van der Waals surface area contributed by atoms with Crippen LogP contribution in [0.2, 0.25) is 0 Å². The van der Waals surface area contributed by atoms with Crippen molar-refractivity contribution in [2.75, 3.05) is 0 Å². The molecule has 0 unspecified atom stereocenters. The van der Waals surface area contributed by atoms with Crippen LogP contribution in [0.25, 0.3) is 11.4 Å². The molecule has 0 radical (unpaired) electrons. The smallest absolute Gasteiger partial charge is 0.196 e. The number of hydrogen-bond acceptors (Lipinski definition) is 3. The fourth-order valence-electron chi connectivity index (χ4n) is 2.16. The van der Waals surface area contributed by atoms with E-state index in [1.807, 2.05) is 30.3 Å². The highest BCUT2D eigenvalue weighted by molar-refractivity contribution is 7.90. The van der Waals surface area contributed by atoms with Crippen molar-refractivity contribution in [2.24, 2.45) is 0 Å². The van der Waals surface area contributed by atoms with Gasteiger partial charge in [0.25, 0.3) is 0 Å². The summed E-state index contributed by atoms with van der Waals surface area (Å²) in [5.41, 5.74) is 0.835. The van der Waals surface area contributed by atoms with E-state index in [0.717, 1.165) is 17.7 Å². The van der Waals surface area contributed by atoms with Crippen LogP contribution in [0.3, 0.4) is 0 Å². The maximum absolute atomic E-state index is 12.9. The first kappa shape index (κ1) is 14.5. The number of sulfone groups is 1. The lowest BCUT2D eigenvalue weighted by Gasteiger charge is -2.09. The summed E-state index contributed by atoms with van der Waals surface area (Å²) in [5, 5.41) is 0. The molecule has 1 heterocycles. The van der Waals surface area contributed by atoms with Gasteiger partial charge in [0.15, 0.2) is 9.84 Å². The zero-order valence-corrected chi connectivity index (χ0v) is 12.4. The lowest BCUT2D eigenvalue weighted by molar-refractivity contribution is 0.583. The molecule has 3 rings (SSSR count). The third-order valence-corrected chi connectivity index (χ3v) is 4.84. The van der Waals surface area contributed by atoms with Crippen molar-refractivity contribution in [1.82, 2.24) is 9.55 Å². The van der Waals surface area contributed by atoms with Crippen LogP contribution in [0.5, 0.6) is 0 Å². The summed E-state index contributed by atoms with van der Waals surface area (Å²) in [7, 11) is -3.57. The average molecular weight is 316 g/mol. The Bertz CT molecular complexity index is 872. The summed E-state index contributed by atoms with van der Waals surface area (Å²) in [6, 6.07) is 14.1. The average Bonchev–Trinajstić information content (AvgIpc) is 2.96. The van der Waals surface area contributed by atoms with Crippen molar-refractivity contribution in [1.29, 1.82) is 0 Å². The van der Waals surface area contributed by atoms with Gasteiger partial charge in [-0.15, -0.1) is 0 Å². The van der Waals surface area contributed by atoms with Crippen LogP contribution >= 0.6 is 0 Å². The van der Waals surface area contributed by atoms with Gasteiger partial charge in [-0.05, 0) is 24.3 Å². The molecule has 0 N–H and O–H groups in total. The molecule has 0 atom stereocenters. The number of nitrogens with zero attached hydrogens (tertiary/aromatic N) is 2. The molecule has 4 nitrogen and oxygen atoms in total. The van der Waals surface area contributed by atoms with Crippen molar-refractivity contribution in [3.8, 4) is 11.4 Å². The van der Waals surface area contributed by atoms with Gasteiger partial charge >= 0.3 is 0 Å². The monoisotopic (exact) mass is 316 g/mol. The van der Waals surface area contributed by atoms with Crippen molar-refractivity contribution < 1.29 is 12.8 Å². The highest BCUT2D eigenvalue weighted by atomic mass is 32.2. The first-order valence-electron chi connectivity index (χ1n) is 6.61. The van der Waals surface area contributed by atoms with Gasteiger partial charge in [0.1, 0.15) is 17.5 Å². The van der Waals surface area contributed by atoms with Crippen LogP contribution < -0.4 is 0 Å². The molecule has 0 saturated heterocycles. The van der Waals surface area contributed by atoms with E-state index in [4.69, 9.17) is 0 Å². The van der Waals surface area contributed by atoms with E-state index in [1.165, 1.54) is 12.1 Å². The Morgan fingerprint density at radius 1 is 1.00 bits per heavy atom. The van der Waals surface area contributed by atoms with Gasteiger partial charge in [-0.25, -0.2) is 17.8 Å². The second-order valence-corrected chi connectivity index (χ2v) is 6.74. The molecule has 0 aliphatic rings. The Morgan fingerprint density at radius 2 is 1.68 bits per heavy atom. The standard InChI is InChI=1S/C16H13FN2O2S/c17-14-6-8-15(9-7-14)22(20,21)12-19-11-10-18-16(19)13-4-2-1-3-5-13/h1-11H,12H2. The predicted octanol–water partition coefficient (Wildman–Crippen LogP) is 3.12. The molecule has 3 aromatic rings. The molecule has 0 amide bonds. The molecule has 6 heteroatoms. The maximum atomic E-state index is 12.9. The van der Waals surface area contributed by atoms with Crippen molar-refractivity contribution >= 4 is 9.84 Å². The summed E-state index contributed by atoms with van der Waals surface area (Å²) >= 11 is 0. The van der Waals surface area contributed by atoms with Crippen LogP contribution in [-0.4, -0.2) is 18.0 Å². The van der Waals surface area contributed by atoms with Gasteiger partial charge in [-0.3, -0.25) is 0 Å². The third-order valence-electron chi connectivity index (χ3n) is 3.23. The van der Waals surface area contributed by atoms with E-state index in [2.05, 4.69) is 4.98 Å². The summed E-state index contributed by atoms with van der Waals surface area (Å²) in [4.78, 5) is 4.30. The minimum Gasteiger partial charge on any atom is -0.316 e. The Morgan fingerprint density at radius 3 is 2.36 bits per heavy atom. The largest absolute Gasteiger partial charge is 0.316 e. The number of halogens is 1. The van der Waals surface area contributed by atoms with Crippen LogP contribution in [-0.2, 0) is 15.7 Å². The quantitative estimate of drug-likeness (QED) is 0.695. The van der Waals surface area contributed by atoms with E-state index in [-0.39, 0.29) is 10.8 Å². The van der Waals surface area contributed by atoms with Gasteiger partial charge in [0.05, 0.1) is 4.90 Å². The molecule has 112 valence electrons. The van der Waals surface area contributed by atoms with Crippen LogP contribution in [0.15, 0.2) is 71.9 Å². The van der Waals surface area contributed by atoms with Gasteiger partial charge in [-0.2, -0.15) is 0 Å². The normalized spacial score (nSPS) is 11.5. The molecule has 22 heavy (non-hydrogen) atoms. The summed E-state index contributed by atoms with van der Waals surface area (Å²) < 4.78 is 39.3. The number of benzene rings is 2. The summed E-state index contributed by atoms with van der Waals surface area (Å²) in [6.45, 7) is 0. The predicted molar refractivity (Wildman–Crippen MR) is 81.2 cm³/mol. The lowest BCUT2D eigenvalue weighted by atomic mass is 10.2. The second kappa shape index (κ2) is 5.73. The van der Waals surface area contributed by atoms with Crippen molar-refractivity contribution in [3.63, 3.8) is 0 Å². The maximum Gasteiger partial charge on any atom is 0.196 e. The van der Waals surface area contributed by atoms with E-state index in [0.29, 0.717) is 5.82 Å². The highest BCUT2D eigenvalue weighted by Gasteiger charge is 2.17. The molecule has 0 aliphatic heterocycles. The molecule has 0 fully saturated rings. The van der Waals surface area contributed by atoms with Crippen molar-refractivity contribution in [3.05, 3.63) is 72.8 Å². The summed E-state index contributed by atoms with van der Waals surface area (Å²) in [5.74, 6) is -0.138. The molecule has 0 spiro atoms. The number of rotatable bonds is 4. The minimum atomic E-state index is -3.57. The molecular weight excluding hydrogens is 303 g/mol. The van der Waals surface area contributed by atoms with E-state index in [1.54, 1.807) is 17.0 Å². The van der Waals surface area contributed by atoms with Crippen LogP contribution in [0.4, 0.5) is 4.39 Å². The van der Waals surface area contributed by atoms with E-state index < -0.39 is 15.7 Å². The van der Waals surface area contributed by atoms with Gasteiger partial charge in [-0.1, -0.05) is 30.3 Å². The van der Waals surface area contributed by atoms with Gasteiger partial charge in [0, 0.05) is 18.0 Å². The topological polar surface area (TPSA) is 52.0 Å². The fraction of sp³-hybridized carbons (Fsp3) is 0.0625. The molecular formula is C16H13FN2O2S. The van der Waals surface area contributed by atoms with Gasteiger partial charge in [0.2, 0.25) is 0 Å². The van der Waals surface area contributed by atoms with Gasteiger partial charge < -0.3 is 4.57 Å². The summed E-state index contributed by atoms with van der Waals surface area (Å²) in [6.07, 6.45) is 3.17. The second-order valence-electron chi connectivity index (χ2n) is 4.78. The SMILES string of the molecule is O=S(=O)(Cn1ccnc1-c1ccccc1)c1ccc(F)cc1. The van der Waals surface area contributed by atoms with Crippen LogP contribution in [0.1, 0.15) is 0 Å². The highest BCUT2D eigenvalue weighted by Crippen LogP contribution is 2.20. The Hall–Kier alpha value is -2.47. The molecule has 0 saturated carbocycles. The Balaban J connectivity index is 1.94. The third kappa shape index (κ3) is 2.92. The zero-order valence-electron chi connectivity index (χ0n) is 11.6. The zero-order chi connectivity index (χ0) is 15.6. The first-order chi connectivity index (χ1) is 10.6.